The minimum atomic E-state index is 0.127. The highest BCUT2D eigenvalue weighted by molar-refractivity contribution is 6.31. The van der Waals surface area contributed by atoms with Crippen LogP contribution in [0.5, 0.6) is 5.88 Å². The summed E-state index contributed by atoms with van der Waals surface area (Å²) in [5, 5.41) is 11.3. The Kier molecular flexibility index (Phi) is 2.88. The second-order valence-corrected chi connectivity index (χ2v) is 4.39. The van der Waals surface area contributed by atoms with Gasteiger partial charge >= 0.3 is 0 Å². The van der Waals surface area contributed by atoms with E-state index in [0.29, 0.717) is 10.6 Å². The first-order chi connectivity index (χ1) is 7.58. The van der Waals surface area contributed by atoms with Crippen LogP contribution in [0.1, 0.15) is 19.4 Å². The molecular formula is C12H13ClN2O. The first kappa shape index (κ1) is 11.0. The molecule has 0 aliphatic carbocycles. The normalized spacial score (nSPS) is 12.0. The summed E-state index contributed by atoms with van der Waals surface area (Å²) in [4.78, 5) is 7.13. The number of halogens is 1. The third-order valence-electron chi connectivity index (χ3n) is 2.28. The molecule has 0 saturated heterocycles. The molecule has 0 unspecified atom stereocenters. The van der Waals surface area contributed by atoms with E-state index in [4.69, 9.17) is 11.6 Å². The van der Waals surface area contributed by atoms with Gasteiger partial charge < -0.3 is 10.1 Å². The van der Waals surface area contributed by atoms with E-state index >= 15 is 0 Å². The van der Waals surface area contributed by atoms with Crippen LogP contribution in [0.4, 0.5) is 0 Å². The first-order valence-electron chi connectivity index (χ1n) is 5.11. The number of nitrogens with zero attached hydrogens (tertiary/aromatic N) is 1. The topological polar surface area (TPSA) is 48.4 Å². The van der Waals surface area contributed by atoms with Crippen LogP contribution in [0.15, 0.2) is 23.2 Å². The van der Waals surface area contributed by atoms with Gasteiger partial charge in [0, 0.05) is 22.7 Å². The number of aromatic amines is 1. The van der Waals surface area contributed by atoms with E-state index < -0.39 is 0 Å². The van der Waals surface area contributed by atoms with Crippen molar-refractivity contribution in [2.75, 3.05) is 0 Å². The Labute approximate surface area is 98.8 Å². The molecule has 3 nitrogen and oxygen atoms in total. The molecule has 2 N–H and O–H groups in total. The van der Waals surface area contributed by atoms with Gasteiger partial charge in [-0.2, -0.15) is 0 Å². The summed E-state index contributed by atoms with van der Waals surface area (Å²) in [6.45, 7) is 3.97. The molecule has 4 heteroatoms. The van der Waals surface area contributed by atoms with E-state index in [9.17, 15) is 5.11 Å². The fourth-order valence-electron chi connectivity index (χ4n) is 1.53. The molecule has 1 aromatic carbocycles. The maximum atomic E-state index is 9.75. The predicted octanol–water partition coefficient (Wildman–Crippen LogP) is 3.35. The van der Waals surface area contributed by atoms with E-state index in [1.807, 2.05) is 19.9 Å². The SMILES string of the molecule is CC(C)N=Cc1c(O)[nH]c2cc(Cl)ccc12. The molecule has 0 atom stereocenters. The summed E-state index contributed by atoms with van der Waals surface area (Å²) >= 11 is 5.87. The molecule has 0 aliphatic heterocycles. The van der Waals surface area contributed by atoms with Crippen LogP contribution in [0.3, 0.4) is 0 Å². The Hall–Kier alpha value is -1.48. The molecule has 0 bridgehead atoms. The lowest BCUT2D eigenvalue weighted by Crippen LogP contribution is -1.89. The molecule has 0 amide bonds. The minimum Gasteiger partial charge on any atom is -0.494 e. The quantitative estimate of drug-likeness (QED) is 0.772. The smallest absolute Gasteiger partial charge is 0.198 e. The number of fused-ring (bicyclic) bond motifs is 1. The molecule has 1 aromatic heterocycles. The van der Waals surface area contributed by atoms with Gasteiger partial charge in [-0.05, 0) is 26.0 Å². The molecule has 16 heavy (non-hydrogen) atoms. The Bertz CT molecular complexity index is 543. The van der Waals surface area contributed by atoms with Crippen molar-refractivity contribution >= 4 is 28.7 Å². The van der Waals surface area contributed by atoms with Crippen LogP contribution in [-0.2, 0) is 0 Å². The molecule has 2 aromatic rings. The number of aromatic nitrogens is 1. The molecule has 0 saturated carbocycles. The number of hydrogen-bond donors (Lipinski definition) is 2. The van der Waals surface area contributed by atoms with Gasteiger partial charge in [-0.3, -0.25) is 4.99 Å². The fourth-order valence-corrected chi connectivity index (χ4v) is 1.70. The van der Waals surface area contributed by atoms with Gasteiger partial charge in [-0.1, -0.05) is 17.7 Å². The van der Waals surface area contributed by atoms with Crippen LogP contribution in [-0.4, -0.2) is 22.3 Å². The van der Waals surface area contributed by atoms with Crippen LogP contribution in [0.25, 0.3) is 10.9 Å². The van der Waals surface area contributed by atoms with Crippen molar-refractivity contribution in [3.05, 3.63) is 28.8 Å². The number of rotatable bonds is 2. The maximum Gasteiger partial charge on any atom is 0.198 e. The highest BCUT2D eigenvalue weighted by Gasteiger charge is 2.08. The molecular weight excluding hydrogens is 224 g/mol. The van der Waals surface area contributed by atoms with Gasteiger partial charge in [0.1, 0.15) is 0 Å². The second-order valence-electron chi connectivity index (χ2n) is 3.95. The lowest BCUT2D eigenvalue weighted by Gasteiger charge is -1.95. The van der Waals surface area contributed by atoms with Crippen molar-refractivity contribution in [2.24, 2.45) is 4.99 Å². The molecule has 2 rings (SSSR count). The average Bonchev–Trinajstić information content (AvgIpc) is 2.50. The van der Waals surface area contributed by atoms with E-state index in [2.05, 4.69) is 9.98 Å². The largest absolute Gasteiger partial charge is 0.494 e. The van der Waals surface area contributed by atoms with Crippen LogP contribution < -0.4 is 0 Å². The highest BCUT2D eigenvalue weighted by atomic mass is 35.5. The van der Waals surface area contributed by atoms with Gasteiger partial charge in [-0.25, -0.2) is 0 Å². The Morgan fingerprint density at radius 3 is 2.88 bits per heavy atom. The lowest BCUT2D eigenvalue weighted by molar-refractivity contribution is 0.457. The van der Waals surface area contributed by atoms with Crippen molar-refractivity contribution in [3.63, 3.8) is 0 Å². The Balaban J connectivity index is 2.56. The number of hydrogen-bond acceptors (Lipinski definition) is 2. The average molecular weight is 237 g/mol. The summed E-state index contributed by atoms with van der Waals surface area (Å²) < 4.78 is 0. The van der Waals surface area contributed by atoms with E-state index in [1.54, 1.807) is 18.3 Å². The third-order valence-corrected chi connectivity index (χ3v) is 2.52. The van der Waals surface area contributed by atoms with Crippen LogP contribution in [0.2, 0.25) is 5.02 Å². The van der Waals surface area contributed by atoms with Crippen molar-refractivity contribution in [1.29, 1.82) is 0 Å². The summed E-state index contributed by atoms with van der Waals surface area (Å²) in [6, 6.07) is 5.65. The molecule has 0 fully saturated rings. The summed E-state index contributed by atoms with van der Waals surface area (Å²) in [6.07, 6.45) is 1.69. The maximum absolute atomic E-state index is 9.75. The summed E-state index contributed by atoms with van der Waals surface area (Å²) in [5.74, 6) is 0.127. The fraction of sp³-hybridized carbons (Fsp3) is 0.250. The first-order valence-corrected chi connectivity index (χ1v) is 5.49. The van der Waals surface area contributed by atoms with Gasteiger partial charge in [0.05, 0.1) is 11.1 Å². The number of aromatic hydroxyl groups is 1. The Morgan fingerprint density at radius 1 is 1.44 bits per heavy atom. The summed E-state index contributed by atoms with van der Waals surface area (Å²) in [7, 11) is 0. The zero-order valence-corrected chi connectivity index (χ0v) is 9.92. The van der Waals surface area contributed by atoms with Gasteiger partial charge in [0.2, 0.25) is 0 Å². The van der Waals surface area contributed by atoms with Crippen LogP contribution in [0, 0.1) is 0 Å². The van der Waals surface area contributed by atoms with E-state index in [1.165, 1.54) is 0 Å². The number of aliphatic imine (C=N–C) groups is 1. The van der Waals surface area contributed by atoms with E-state index in [0.717, 1.165) is 10.9 Å². The van der Waals surface area contributed by atoms with Crippen molar-refractivity contribution in [2.45, 2.75) is 19.9 Å². The van der Waals surface area contributed by atoms with Crippen molar-refractivity contribution in [3.8, 4) is 5.88 Å². The highest BCUT2D eigenvalue weighted by Crippen LogP contribution is 2.27. The van der Waals surface area contributed by atoms with Crippen LogP contribution >= 0.6 is 11.6 Å². The summed E-state index contributed by atoms with van der Waals surface area (Å²) in [5.41, 5.74) is 1.52. The third kappa shape index (κ3) is 2.04. The van der Waals surface area contributed by atoms with Gasteiger partial charge in [-0.15, -0.1) is 0 Å². The number of benzene rings is 1. The Morgan fingerprint density at radius 2 is 2.19 bits per heavy atom. The van der Waals surface area contributed by atoms with Gasteiger partial charge in [0.25, 0.3) is 0 Å². The standard InChI is InChI=1S/C12H13ClN2O/c1-7(2)14-6-10-9-4-3-8(13)5-11(9)15-12(10)16/h3-7,15-16H,1-2H3. The predicted molar refractivity (Wildman–Crippen MR) is 67.7 cm³/mol. The molecule has 0 aliphatic rings. The monoisotopic (exact) mass is 236 g/mol. The minimum absolute atomic E-state index is 0.127. The molecule has 1 heterocycles. The zero-order valence-electron chi connectivity index (χ0n) is 9.16. The molecule has 84 valence electrons. The zero-order chi connectivity index (χ0) is 11.7. The lowest BCUT2D eigenvalue weighted by atomic mass is 10.2. The van der Waals surface area contributed by atoms with Crippen molar-refractivity contribution in [1.82, 2.24) is 4.98 Å². The number of H-pyrrole nitrogens is 1. The second kappa shape index (κ2) is 4.18. The number of nitrogens with one attached hydrogen (secondary N) is 1. The van der Waals surface area contributed by atoms with Crippen molar-refractivity contribution < 1.29 is 5.11 Å². The van der Waals surface area contributed by atoms with Gasteiger partial charge in [0.15, 0.2) is 5.88 Å². The van der Waals surface area contributed by atoms with E-state index in [-0.39, 0.29) is 11.9 Å². The molecule has 0 radical (unpaired) electrons. The molecule has 0 spiro atoms.